The van der Waals surface area contributed by atoms with Gasteiger partial charge in [0.25, 0.3) is 0 Å². The maximum atomic E-state index is 4.69. The number of benzene rings is 1. The van der Waals surface area contributed by atoms with E-state index < -0.39 is 0 Å². The lowest BCUT2D eigenvalue weighted by atomic mass is 9.78. The Morgan fingerprint density at radius 2 is 1.66 bits per heavy atom. The normalized spacial score (nSPS) is 17.2. The van der Waals surface area contributed by atoms with Crippen molar-refractivity contribution in [3.05, 3.63) is 90.7 Å². The van der Waals surface area contributed by atoms with E-state index in [1.807, 2.05) is 20.8 Å². The fraction of sp³-hybridized carbons (Fsp3) is 0.433. The molecule has 0 atom stereocenters. The van der Waals surface area contributed by atoms with E-state index in [0.717, 1.165) is 30.6 Å². The molecule has 0 fully saturated rings. The van der Waals surface area contributed by atoms with Crippen LogP contribution in [0.5, 0.6) is 0 Å². The van der Waals surface area contributed by atoms with Gasteiger partial charge < -0.3 is 5.32 Å². The second-order valence-corrected chi connectivity index (χ2v) is 8.87. The van der Waals surface area contributed by atoms with Gasteiger partial charge in [0.1, 0.15) is 0 Å². The van der Waals surface area contributed by atoms with E-state index in [4.69, 9.17) is 0 Å². The average Bonchev–Trinajstić information content (AvgIpc) is 2.77. The molecule has 0 bridgehead atoms. The number of rotatable bonds is 4. The Morgan fingerprint density at radius 1 is 1.03 bits per heavy atom. The minimum atomic E-state index is 0.246. The second-order valence-electron chi connectivity index (χ2n) is 8.87. The van der Waals surface area contributed by atoms with Gasteiger partial charge in [0, 0.05) is 17.1 Å². The topological polar surface area (TPSA) is 24.4 Å². The molecular formula is C30H46N2. The molecule has 2 nitrogen and oxygen atoms in total. The van der Waals surface area contributed by atoms with E-state index in [0.29, 0.717) is 0 Å². The van der Waals surface area contributed by atoms with E-state index in [2.05, 4.69) is 106 Å². The Bertz CT molecular complexity index is 802. The summed E-state index contributed by atoms with van der Waals surface area (Å²) in [7, 11) is 0. The summed E-state index contributed by atoms with van der Waals surface area (Å²) in [6, 6.07) is 8.52. The Hall–Kier alpha value is -2.61. The van der Waals surface area contributed by atoms with Gasteiger partial charge in [-0.2, -0.15) is 0 Å². The summed E-state index contributed by atoms with van der Waals surface area (Å²) < 4.78 is 0. The summed E-state index contributed by atoms with van der Waals surface area (Å²) in [4.78, 5) is 4.69. The van der Waals surface area contributed by atoms with Gasteiger partial charge in [0.05, 0.1) is 6.54 Å². The molecule has 176 valence electrons. The molecule has 3 rings (SSSR count). The van der Waals surface area contributed by atoms with Crippen molar-refractivity contribution in [1.29, 1.82) is 0 Å². The highest BCUT2D eigenvalue weighted by atomic mass is 14.9. The molecule has 1 N–H and O–H groups in total. The van der Waals surface area contributed by atoms with Crippen molar-refractivity contribution in [1.82, 2.24) is 0 Å². The van der Waals surface area contributed by atoms with Gasteiger partial charge >= 0.3 is 0 Å². The zero-order valence-electron chi connectivity index (χ0n) is 21.7. The van der Waals surface area contributed by atoms with Gasteiger partial charge in [-0.15, -0.1) is 13.2 Å². The van der Waals surface area contributed by atoms with E-state index in [1.54, 1.807) is 0 Å². The number of aliphatic imine (C=N–C) groups is 1. The van der Waals surface area contributed by atoms with Crippen molar-refractivity contribution in [2.75, 3.05) is 11.9 Å². The highest BCUT2D eigenvalue weighted by molar-refractivity contribution is 5.97. The molecule has 1 aromatic rings. The quantitative estimate of drug-likeness (QED) is 0.469. The van der Waals surface area contributed by atoms with Crippen molar-refractivity contribution in [2.45, 2.75) is 74.1 Å². The highest BCUT2D eigenvalue weighted by Gasteiger charge is 2.26. The molecule has 32 heavy (non-hydrogen) atoms. The lowest BCUT2D eigenvalue weighted by Crippen LogP contribution is -2.24. The molecule has 0 amide bonds. The van der Waals surface area contributed by atoms with Crippen LogP contribution >= 0.6 is 0 Å². The van der Waals surface area contributed by atoms with Gasteiger partial charge in [-0.05, 0) is 70.1 Å². The molecule has 0 saturated heterocycles. The van der Waals surface area contributed by atoms with Crippen molar-refractivity contribution in [3.63, 3.8) is 0 Å². The lowest BCUT2D eigenvalue weighted by molar-refractivity contribution is 0.374. The number of hydrogen-bond donors (Lipinski definition) is 1. The lowest BCUT2D eigenvalue weighted by Gasteiger charge is -2.31. The number of nitrogens with zero attached hydrogens (tertiary/aromatic N) is 1. The van der Waals surface area contributed by atoms with Crippen LogP contribution in [0.25, 0.3) is 0 Å². The van der Waals surface area contributed by atoms with Gasteiger partial charge in [0.2, 0.25) is 0 Å². The Balaban J connectivity index is 0.000000727. The van der Waals surface area contributed by atoms with Gasteiger partial charge in [-0.25, -0.2) is 0 Å². The van der Waals surface area contributed by atoms with Gasteiger partial charge in [-0.1, -0.05) is 81.3 Å². The first kappa shape index (κ1) is 29.4. The van der Waals surface area contributed by atoms with Crippen LogP contribution in [0, 0.1) is 12.3 Å². The zero-order valence-corrected chi connectivity index (χ0v) is 21.7. The van der Waals surface area contributed by atoms with E-state index in [1.165, 1.54) is 35.4 Å². The number of allylic oxidation sites excluding steroid dienone is 6. The van der Waals surface area contributed by atoms with Crippen LogP contribution < -0.4 is 5.32 Å². The van der Waals surface area contributed by atoms with Crippen molar-refractivity contribution >= 4 is 11.4 Å². The predicted molar refractivity (Wildman–Crippen MR) is 148 cm³/mol. The molecular weight excluding hydrogens is 388 g/mol. The summed E-state index contributed by atoms with van der Waals surface area (Å²) in [5, 5.41) is 3.54. The van der Waals surface area contributed by atoms with Crippen molar-refractivity contribution in [2.24, 2.45) is 10.4 Å². The van der Waals surface area contributed by atoms with Crippen LogP contribution in [-0.2, 0) is 0 Å². The minimum Gasteiger partial charge on any atom is -0.359 e. The third-order valence-electron chi connectivity index (χ3n) is 4.76. The summed E-state index contributed by atoms with van der Waals surface area (Å²) in [6.45, 7) is 25.5. The van der Waals surface area contributed by atoms with Crippen LogP contribution in [0.1, 0.15) is 72.8 Å². The average molecular weight is 435 g/mol. The first-order valence-corrected chi connectivity index (χ1v) is 11.8. The molecule has 0 saturated carbocycles. The third kappa shape index (κ3) is 12.9. The van der Waals surface area contributed by atoms with Crippen LogP contribution in [-0.4, -0.2) is 12.3 Å². The summed E-state index contributed by atoms with van der Waals surface area (Å²) in [5.74, 6) is 0. The van der Waals surface area contributed by atoms with E-state index >= 15 is 0 Å². The molecule has 0 spiro atoms. The largest absolute Gasteiger partial charge is 0.359 e. The molecule has 2 aliphatic rings. The Morgan fingerprint density at radius 3 is 2.12 bits per heavy atom. The smallest absolute Gasteiger partial charge is 0.0597 e. The SMILES string of the molecule is C=C.C=C(C)CN=C1C=C(Nc2ccc(C)cc2)CC(C)(C)C1.CC.CC1=CCCC=C1. The van der Waals surface area contributed by atoms with E-state index in [-0.39, 0.29) is 5.41 Å². The maximum absolute atomic E-state index is 4.69. The molecule has 1 aromatic carbocycles. The maximum Gasteiger partial charge on any atom is 0.0597 e. The van der Waals surface area contributed by atoms with Crippen LogP contribution in [0.3, 0.4) is 0 Å². The standard InChI is InChI=1S/C19H26N2.C7H10.C2H6.C2H4/c1-14(2)13-20-17-10-18(12-19(4,5)11-17)21-16-8-6-15(3)7-9-16;1-7-5-3-2-4-6-7;2*1-2/h6-10,21H,1,11-13H2,2-5H3;3,5-6H,2,4H2,1H3;1-2H3;1-2H2. The fourth-order valence-corrected chi connectivity index (χ4v) is 3.36. The molecule has 0 radical (unpaired) electrons. The number of hydrogen-bond acceptors (Lipinski definition) is 2. The van der Waals surface area contributed by atoms with E-state index in [9.17, 15) is 0 Å². The molecule has 0 aromatic heterocycles. The third-order valence-corrected chi connectivity index (χ3v) is 4.76. The van der Waals surface area contributed by atoms with Gasteiger partial charge in [0.15, 0.2) is 0 Å². The van der Waals surface area contributed by atoms with Crippen LogP contribution in [0.4, 0.5) is 5.69 Å². The monoisotopic (exact) mass is 434 g/mol. The summed E-state index contributed by atoms with van der Waals surface area (Å²) >= 11 is 0. The fourth-order valence-electron chi connectivity index (χ4n) is 3.36. The molecule has 0 unspecified atom stereocenters. The summed E-state index contributed by atoms with van der Waals surface area (Å²) in [6.07, 6.45) is 13.4. The predicted octanol–water partition coefficient (Wildman–Crippen LogP) is 9.24. The van der Waals surface area contributed by atoms with Crippen LogP contribution in [0.15, 0.2) is 90.1 Å². The Kier molecular flexibility index (Phi) is 14.8. The van der Waals surface area contributed by atoms with Gasteiger partial charge in [-0.3, -0.25) is 4.99 Å². The molecule has 0 heterocycles. The zero-order chi connectivity index (χ0) is 24.6. The first-order chi connectivity index (χ1) is 15.2. The number of nitrogens with one attached hydrogen (secondary N) is 1. The van der Waals surface area contributed by atoms with Crippen molar-refractivity contribution < 1.29 is 0 Å². The highest BCUT2D eigenvalue weighted by Crippen LogP contribution is 2.34. The Labute approximate surface area is 198 Å². The minimum absolute atomic E-state index is 0.246. The number of aryl methyl sites for hydroxylation is 1. The first-order valence-electron chi connectivity index (χ1n) is 11.8. The molecule has 2 aliphatic carbocycles. The molecule has 0 aliphatic heterocycles. The number of anilines is 1. The second kappa shape index (κ2) is 16.1. The van der Waals surface area contributed by atoms with Crippen LogP contribution in [0.2, 0.25) is 0 Å². The van der Waals surface area contributed by atoms with Crippen molar-refractivity contribution in [3.8, 4) is 0 Å². The summed E-state index contributed by atoms with van der Waals surface area (Å²) in [5.41, 5.74) is 7.60. The molecule has 2 heteroatoms.